The molecule has 3 rings (SSSR count). The second kappa shape index (κ2) is 8.51. The Kier molecular flexibility index (Phi) is 5.88. The van der Waals surface area contributed by atoms with Gasteiger partial charge in [-0.2, -0.15) is 0 Å². The standard InChI is InChI=1S/C21H20N2O3S/c1-3-26-20(24)17-13-18(15-7-5-4-6-8-15)27-19(17)23-21(25)22-16-11-9-14(2)10-12-16/h4-13H,3H2,1-2H3,(H2,22,23,25). The van der Waals surface area contributed by atoms with Gasteiger partial charge in [0.05, 0.1) is 12.2 Å². The van der Waals surface area contributed by atoms with E-state index in [1.807, 2.05) is 61.5 Å². The molecule has 2 N–H and O–H groups in total. The average Bonchev–Trinajstić information content (AvgIpc) is 3.08. The molecule has 0 atom stereocenters. The lowest BCUT2D eigenvalue weighted by atomic mass is 10.1. The number of hydrogen-bond acceptors (Lipinski definition) is 4. The molecule has 0 aliphatic rings. The van der Waals surface area contributed by atoms with E-state index in [2.05, 4.69) is 10.6 Å². The van der Waals surface area contributed by atoms with Crippen LogP contribution in [0.3, 0.4) is 0 Å². The van der Waals surface area contributed by atoms with E-state index in [-0.39, 0.29) is 6.61 Å². The first kappa shape index (κ1) is 18.7. The molecular weight excluding hydrogens is 360 g/mol. The maximum absolute atomic E-state index is 12.4. The molecule has 0 spiro atoms. The van der Waals surface area contributed by atoms with E-state index in [0.717, 1.165) is 16.0 Å². The molecule has 2 amide bonds. The fourth-order valence-electron chi connectivity index (χ4n) is 2.49. The van der Waals surface area contributed by atoms with Gasteiger partial charge in [0.25, 0.3) is 0 Å². The molecule has 0 saturated heterocycles. The van der Waals surface area contributed by atoms with E-state index >= 15 is 0 Å². The van der Waals surface area contributed by atoms with Gasteiger partial charge in [-0.3, -0.25) is 5.32 Å². The van der Waals surface area contributed by atoms with Crippen LogP contribution in [0.25, 0.3) is 10.4 Å². The van der Waals surface area contributed by atoms with Crippen molar-refractivity contribution in [3.8, 4) is 10.4 Å². The van der Waals surface area contributed by atoms with Crippen LogP contribution in [0.15, 0.2) is 60.7 Å². The van der Waals surface area contributed by atoms with E-state index in [0.29, 0.717) is 16.3 Å². The summed E-state index contributed by atoms with van der Waals surface area (Å²) >= 11 is 1.34. The van der Waals surface area contributed by atoms with Crippen LogP contribution in [-0.2, 0) is 4.74 Å². The molecule has 2 aromatic carbocycles. The zero-order valence-corrected chi connectivity index (χ0v) is 15.9. The molecule has 0 unspecified atom stereocenters. The number of carbonyl (C=O) groups is 2. The summed E-state index contributed by atoms with van der Waals surface area (Å²) in [5.41, 5.74) is 3.10. The third-order valence-electron chi connectivity index (χ3n) is 3.82. The minimum Gasteiger partial charge on any atom is -0.462 e. The molecule has 3 aromatic rings. The number of benzene rings is 2. The van der Waals surface area contributed by atoms with Crippen LogP contribution >= 0.6 is 11.3 Å². The van der Waals surface area contributed by atoms with Crippen molar-refractivity contribution in [2.75, 3.05) is 17.2 Å². The van der Waals surface area contributed by atoms with Gasteiger partial charge in [0.2, 0.25) is 0 Å². The highest BCUT2D eigenvalue weighted by Crippen LogP contribution is 2.36. The van der Waals surface area contributed by atoms with E-state index in [1.54, 1.807) is 13.0 Å². The number of thiophene rings is 1. The maximum atomic E-state index is 12.4. The Morgan fingerprint density at radius 2 is 1.70 bits per heavy atom. The van der Waals surface area contributed by atoms with Crippen molar-refractivity contribution in [2.24, 2.45) is 0 Å². The number of carbonyl (C=O) groups excluding carboxylic acids is 2. The van der Waals surface area contributed by atoms with Crippen molar-refractivity contribution in [3.05, 3.63) is 71.8 Å². The molecule has 0 radical (unpaired) electrons. The number of esters is 1. The highest BCUT2D eigenvalue weighted by atomic mass is 32.1. The summed E-state index contributed by atoms with van der Waals surface area (Å²) in [5, 5.41) is 6.00. The second-order valence-corrected chi connectivity index (χ2v) is 6.94. The number of rotatable bonds is 5. The Balaban J connectivity index is 1.83. The molecular formula is C21H20N2O3S. The van der Waals surface area contributed by atoms with Gasteiger partial charge >= 0.3 is 12.0 Å². The number of hydrogen-bond donors (Lipinski definition) is 2. The molecule has 0 aliphatic heterocycles. The Morgan fingerprint density at radius 3 is 2.37 bits per heavy atom. The predicted molar refractivity (Wildman–Crippen MR) is 110 cm³/mol. The number of urea groups is 1. The van der Waals surface area contributed by atoms with Crippen molar-refractivity contribution in [1.29, 1.82) is 0 Å². The minimum absolute atomic E-state index is 0.268. The van der Waals surface area contributed by atoms with Gasteiger partial charge in [-0.15, -0.1) is 11.3 Å². The highest BCUT2D eigenvalue weighted by molar-refractivity contribution is 7.20. The molecule has 1 heterocycles. The van der Waals surface area contributed by atoms with Crippen LogP contribution in [0.5, 0.6) is 0 Å². The van der Waals surface area contributed by atoms with Crippen LogP contribution in [0.1, 0.15) is 22.8 Å². The molecule has 0 aliphatic carbocycles. The van der Waals surface area contributed by atoms with Crippen LogP contribution in [0.4, 0.5) is 15.5 Å². The molecule has 1 aromatic heterocycles. The number of anilines is 2. The van der Waals surface area contributed by atoms with Crippen molar-refractivity contribution in [3.63, 3.8) is 0 Å². The fourth-order valence-corrected chi connectivity index (χ4v) is 3.54. The predicted octanol–water partition coefficient (Wildman–Crippen LogP) is 5.54. The number of aryl methyl sites for hydroxylation is 1. The topological polar surface area (TPSA) is 67.4 Å². The first-order chi connectivity index (χ1) is 13.1. The van der Waals surface area contributed by atoms with Crippen LogP contribution in [0, 0.1) is 6.92 Å². The number of nitrogens with one attached hydrogen (secondary N) is 2. The maximum Gasteiger partial charge on any atom is 0.341 e. The SMILES string of the molecule is CCOC(=O)c1cc(-c2ccccc2)sc1NC(=O)Nc1ccc(C)cc1. The second-order valence-electron chi connectivity index (χ2n) is 5.89. The first-order valence-corrected chi connectivity index (χ1v) is 9.39. The van der Waals surface area contributed by atoms with E-state index in [1.165, 1.54) is 11.3 Å². The van der Waals surface area contributed by atoms with Gasteiger partial charge in [-0.1, -0.05) is 48.0 Å². The van der Waals surface area contributed by atoms with Crippen molar-refractivity contribution in [1.82, 2.24) is 0 Å². The van der Waals surface area contributed by atoms with Crippen LogP contribution in [0.2, 0.25) is 0 Å². The Morgan fingerprint density at radius 1 is 1.00 bits per heavy atom. The van der Waals surface area contributed by atoms with Gasteiger partial charge in [-0.05, 0) is 37.6 Å². The Bertz CT molecular complexity index is 934. The number of amides is 2. The Labute approximate surface area is 162 Å². The lowest BCUT2D eigenvalue weighted by Crippen LogP contribution is -2.20. The van der Waals surface area contributed by atoms with Gasteiger partial charge in [0.15, 0.2) is 0 Å². The summed E-state index contributed by atoms with van der Waals surface area (Å²) in [6.45, 7) is 4.00. The fraction of sp³-hybridized carbons (Fsp3) is 0.143. The van der Waals surface area contributed by atoms with Crippen LogP contribution in [-0.4, -0.2) is 18.6 Å². The zero-order chi connectivity index (χ0) is 19.2. The molecule has 0 fully saturated rings. The average molecular weight is 380 g/mol. The summed E-state index contributed by atoms with van der Waals surface area (Å²) in [6, 6.07) is 18.5. The molecule has 138 valence electrons. The highest BCUT2D eigenvalue weighted by Gasteiger charge is 2.19. The monoisotopic (exact) mass is 380 g/mol. The van der Waals surface area contributed by atoms with E-state index in [4.69, 9.17) is 4.74 Å². The molecule has 6 heteroatoms. The lowest BCUT2D eigenvalue weighted by molar-refractivity contribution is 0.0528. The van der Waals surface area contributed by atoms with Gasteiger partial charge in [0.1, 0.15) is 5.00 Å². The van der Waals surface area contributed by atoms with Crippen molar-refractivity contribution in [2.45, 2.75) is 13.8 Å². The molecule has 5 nitrogen and oxygen atoms in total. The smallest absolute Gasteiger partial charge is 0.341 e. The molecule has 0 saturated carbocycles. The van der Waals surface area contributed by atoms with Gasteiger partial charge in [0, 0.05) is 10.6 Å². The normalized spacial score (nSPS) is 10.3. The van der Waals surface area contributed by atoms with Crippen molar-refractivity contribution < 1.29 is 14.3 Å². The van der Waals surface area contributed by atoms with E-state index < -0.39 is 12.0 Å². The first-order valence-electron chi connectivity index (χ1n) is 8.58. The summed E-state index contributed by atoms with van der Waals surface area (Å²) in [6.07, 6.45) is 0. The molecule has 0 bridgehead atoms. The Hall–Kier alpha value is -3.12. The largest absolute Gasteiger partial charge is 0.462 e. The summed E-state index contributed by atoms with van der Waals surface area (Å²) in [7, 11) is 0. The summed E-state index contributed by atoms with van der Waals surface area (Å²) < 4.78 is 5.13. The summed E-state index contributed by atoms with van der Waals surface area (Å²) in [4.78, 5) is 25.6. The van der Waals surface area contributed by atoms with Crippen LogP contribution < -0.4 is 10.6 Å². The third kappa shape index (κ3) is 4.74. The minimum atomic E-state index is -0.457. The lowest BCUT2D eigenvalue weighted by Gasteiger charge is -2.08. The van der Waals surface area contributed by atoms with Gasteiger partial charge < -0.3 is 10.1 Å². The zero-order valence-electron chi connectivity index (χ0n) is 15.1. The van der Waals surface area contributed by atoms with Crippen molar-refractivity contribution >= 4 is 34.0 Å². The quantitative estimate of drug-likeness (QED) is 0.571. The third-order valence-corrected chi connectivity index (χ3v) is 4.92. The van der Waals surface area contributed by atoms with Gasteiger partial charge in [-0.25, -0.2) is 9.59 Å². The molecule has 27 heavy (non-hydrogen) atoms. The number of ether oxygens (including phenoxy) is 1. The van der Waals surface area contributed by atoms with E-state index in [9.17, 15) is 9.59 Å². The summed E-state index contributed by atoms with van der Waals surface area (Å²) in [5.74, 6) is -0.457.